The van der Waals surface area contributed by atoms with Crippen molar-refractivity contribution >= 4 is 43.9 Å². The summed E-state index contributed by atoms with van der Waals surface area (Å²) in [4.78, 5) is 0. The van der Waals surface area contributed by atoms with E-state index in [0.29, 0.717) is 0 Å². The summed E-state index contributed by atoms with van der Waals surface area (Å²) in [6.45, 7) is 0. The highest BCUT2D eigenvalue weighted by Crippen LogP contribution is 2.63. The molecule has 1 spiro atoms. The van der Waals surface area contributed by atoms with Crippen molar-refractivity contribution in [1.29, 1.82) is 0 Å². The second kappa shape index (κ2) is 9.74. The minimum absolute atomic E-state index is 0.398. The fraction of sp³-hybridized carbons (Fsp3) is 0.0204. The highest BCUT2D eigenvalue weighted by atomic mass is 16.3. The third-order valence-corrected chi connectivity index (χ3v) is 11.5. The summed E-state index contributed by atoms with van der Waals surface area (Å²) in [5.74, 6) is 0. The quantitative estimate of drug-likeness (QED) is 0.186. The molecule has 12 rings (SSSR count). The summed E-state index contributed by atoms with van der Waals surface area (Å²) in [7, 11) is 0. The molecule has 2 nitrogen and oxygen atoms in total. The standard InChI is InChI=1S/C49H28O2/c1-5-13-41-33(9-1)34-10-2-6-14-42(34)49(41)43-21-17-29(31-19-23-47-39(27-31)35-11-3-7-15-45(35)50-47)25-37(43)38-26-30(18-22-44(38)49)32-20-24-48-40(28-32)36-12-4-8-16-46(36)51-48/h1-28H. The van der Waals surface area contributed by atoms with E-state index in [0.717, 1.165) is 43.9 Å². The lowest BCUT2D eigenvalue weighted by molar-refractivity contribution is 0.668. The number of hydrogen-bond acceptors (Lipinski definition) is 2. The first-order valence-corrected chi connectivity index (χ1v) is 17.6. The predicted molar refractivity (Wildman–Crippen MR) is 208 cm³/mol. The lowest BCUT2D eigenvalue weighted by Gasteiger charge is -2.30. The zero-order valence-electron chi connectivity index (χ0n) is 27.5. The largest absolute Gasteiger partial charge is 0.456 e. The van der Waals surface area contributed by atoms with Crippen LogP contribution < -0.4 is 0 Å². The van der Waals surface area contributed by atoms with E-state index in [1.165, 1.54) is 66.8 Å². The molecule has 51 heavy (non-hydrogen) atoms. The highest BCUT2D eigenvalue weighted by Gasteiger charge is 2.51. The zero-order chi connectivity index (χ0) is 33.3. The Morgan fingerprint density at radius 2 is 0.647 bits per heavy atom. The molecule has 2 heteroatoms. The third-order valence-electron chi connectivity index (χ3n) is 11.5. The van der Waals surface area contributed by atoms with Gasteiger partial charge in [-0.2, -0.15) is 0 Å². The van der Waals surface area contributed by atoms with Gasteiger partial charge in [-0.25, -0.2) is 0 Å². The van der Waals surface area contributed by atoms with Crippen molar-refractivity contribution in [3.05, 3.63) is 192 Å². The Kier molecular flexibility index (Phi) is 5.20. The highest BCUT2D eigenvalue weighted by molar-refractivity contribution is 6.08. The Morgan fingerprint density at radius 3 is 1.16 bits per heavy atom. The Hall–Kier alpha value is -6.64. The van der Waals surface area contributed by atoms with Crippen LogP contribution in [0.3, 0.4) is 0 Å². The maximum Gasteiger partial charge on any atom is 0.135 e. The van der Waals surface area contributed by atoms with Gasteiger partial charge >= 0.3 is 0 Å². The first-order chi connectivity index (χ1) is 25.3. The summed E-state index contributed by atoms with van der Waals surface area (Å²) in [5, 5.41) is 4.57. The van der Waals surface area contributed by atoms with Gasteiger partial charge in [0, 0.05) is 21.5 Å². The van der Waals surface area contributed by atoms with Gasteiger partial charge in [0.1, 0.15) is 22.3 Å². The summed E-state index contributed by atoms with van der Waals surface area (Å²) < 4.78 is 12.4. The SMILES string of the molecule is c1ccc2c(c1)-c1ccccc1C21c2ccc(-c3ccc4oc5ccccc5c4c3)cc2-c2cc(-c3ccc4oc5ccccc5c4c3)ccc21. The molecular formula is C49H28O2. The molecule has 2 aliphatic carbocycles. The molecule has 236 valence electrons. The molecule has 0 saturated heterocycles. The van der Waals surface area contributed by atoms with E-state index in [1.807, 2.05) is 24.3 Å². The van der Waals surface area contributed by atoms with Crippen LogP contribution in [0.4, 0.5) is 0 Å². The lowest BCUT2D eigenvalue weighted by Crippen LogP contribution is -2.25. The van der Waals surface area contributed by atoms with Crippen LogP contribution in [0.1, 0.15) is 22.3 Å². The lowest BCUT2D eigenvalue weighted by atomic mass is 9.70. The Labute approximate surface area is 293 Å². The van der Waals surface area contributed by atoms with E-state index in [4.69, 9.17) is 8.83 Å². The number of hydrogen-bond donors (Lipinski definition) is 0. The van der Waals surface area contributed by atoms with Crippen molar-refractivity contribution in [3.63, 3.8) is 0 Å². The average molecular weight is 649 g/mol. The Bertz CT molecular complexity index is 2890. The molecule has 10 aromatic rings. The number of para-hydroxylation sites is 2. The monoisotopic (exact) mass is 648 g/mol. The molecular weight excluding hydrogens is 621 g/mol. The Morgan fingerprint density at radius 1 is 0.275 bits per heavy atom. The normalized spacial score (nSPS) is 13.6. The zero-order valence-corrected chi connectivity index (χ0v) is 27.5. The van der Waals surface area contributed by atoms with Gasteiger partial charge in [0.25, 0.3) is 0 Å². The van der Waals surface area contributed by atoms with Crippen LogP contribution in [0.2, 0.25) is 0 Å². The topological polar surface area (TPSA) is 26.3 Å². The van der Waals surface area contributed by atoms with Crippen LogP contribution in [0.5, 0.6) is 0 Å². The molecule has 0 radical (unpaired) electrons. The van der Waals surface area contributed by atoms with Crippen molar-refractivity contribution in [2.24, 2.45) is 0 Å². The second-order valence-electron chi connectivity index (χ2n) is 14.0. The second-order valence-corrected chi connectivity index (χ2v) is 14.0. The fourth-order valence-corrected chi connectivity index (χ4v) is 9.32. The molecule has 0 bridgehead atoms. The van der Waals surface area contributed by atoms with E-state index < -0.39 is 5.41 Å². The maximum absolute atomic E-state index is 6.19. The number of furan rings is 2. The van der Waals surface area contributed by atoms with Gasteiger partial charge in [0.15, 0.2) is 0 Å². The molecule has 8 aromatic carbocycles. The van der Waals surface area contributed by atoms with E-state index in [1.54, 1.807) is 0 Å². The van der Waals surface area contributed by atoms with Crippen molar-refractivity contribution in [1.82, 2.24) is 0 Å². The smallest absolute Gasteiger partial charge is 0.135 e. The minimum Gasteiger partial charge on any atom is -0.456 e. The summed E-state index contributed by atoms with van der Waals surface area (Å²) >= 11 is 0. The van der Waals surface area contributed by atoms with Gasteiger partial charge in [-0.3, -0.25) is 0 Å². The average Bonchev–Trinajstić information content (AvgIpc) is 3.92. The molecule has 2 aliphatic rings. The number of rotatable bonds is 2. The third kappa shape index (κ3) is 3.51. The summed E-state index contributed by atoms with van der Waals surface area (Å²) in [6, 6.07) is 62.1. The first-order valence-electron chi connectivity index (χ1n) is 17.6. The first kappa shape index (κ1) is 27.2. The van der Waals surface area contributed by atoms with Crippen LogP contribution in [-0.4, -0.2) is 0 Å². The van der Waals surface area contributed by atoms with E-state index in [2.05, 4.69) is 146 Å². The van der Waals surface area contributed by atoms with Gasteiger partial charge in [-0.1, -0.05) is 121 Å². The maximum atomic E-state index is 6.19. The fourth-order valence-electron chi connectivity index (χ4n) is 9.32. The van der Waals surface area contributed by atoms with Gasteiger partial charge < -0.3 is 8.83 Å². The summed E-state index contributed by atoms with van der Waals surface area (Å²) in [6.07, 6.45) is 0. The molecule has 0 amide bonds. The van der Waals surface area contributed by atoms with E-state index >= 15 is 0 Å². The van der Waals surface area contributed by atoms with Crippen LogP contribution in [-0.2, 0) is 5.41 Å². The van der Waals surface area contributed by atoms with Gasteiger partial charge in [-0.05, 0) is 115 Å². The minimum atomic E-state index is -0.398. The molecule has 0 unspecified atom stereocenters. The van der Waals surface area contributed by atoms with Crippen molar-refractivity contribution in [3.8, 4) is 44.5 Å². The van der Waals surface area contributed by atoms with Crippen LogP contribution in [0.25, 0.3) is 88.4 Å². The van der Waals surface area contributed by atoms with E-state index in [-0.39, 0.29) is 0 Å². The van der Waals surface area contributed by atoms with Crippen LogP contribution in [0.15, 0.2) is 179 Å². The molecule has 0 saturated carbocycles. The molecule has 0 atom stereocenters. The van der Waals surface area contributed by atoms with Crippen LogP contribution in [0, 0.1) is 0 Å². The van der Waals surface area contributed by atoms with Gasteiger partial charge in [0.05, 0.1) is 5.41 Å². The van der Waals surface area contributed by atoms with Crippen molar-refractivity contribution < 1.29 is 8.83 Å². The van der Waals surface area contributed by atoms with Crippen LogP contribution >= 0.6 is 0 Å². The molecule has 2 aromatic heterocycles. The number of benzene rings is 8. The van der Waals surface area contributed by atoms with Crippen molar-refractivity contribution in [2.75, 3.05) is 0 Å². The molecule has 0 N–H and O–H groups in total. The molecule has 0 fully saturated rings. The van der Waals surface area contributed by atoms with Gasteiger partial charge in [0.2, 0.25) is 0 Å². The Balaban J connectivity index is 1.12. The molecule has 2 heterocycles. The molecule has 0 aliphatic heterocycles. The summed E-state index contributed by atoms with van der Waals surface area (Å²) in [5.41, 5.74) is 18.6. The predicted octanol–water partition coefficient (Wildman–Crippen LogP) is 13.2. The number of fused-ring (bicyclic) bond motifs is 16. The van der Waals surface area contributed by atoms with E-state index in [9.17, 15) is 0 Å². The van der Waals surface area contributed by atoms with Gasteiger partial charge in [-0.15, -0.1) is 0 Å². The van der Waals surface area contributed by atoms with Crippen molar-refractivity contribution in [2.45, 2.75) is 5.41 Å².